The highest BCUT2D eigenvalue weighted by Gasteiger charge is 2.36. The zero-order chi connectivity index (χ0) is 17.3. The zero-order valence-electron chi connectivity index (χ0n) is 13.6. The van der Waals surface area contributed by atoms with Crippen molar-refractivity contribution in [3.8, 4) is 0 Å². The van der Waals surface area contributed by atoms with Gasteiger partial charge in [-0.25, -0.2) is 8.42 Å². The fourth-order valence-electron chi connectivity index (χ4n) is 2.79. The highest BCUT2D eigenvalue weighted by molar-refractivity contribution is 7.89. The van der Waals surface area contributed by atoms with E-state index in [2.05, 4.69) is 0 Å². The Kier molecular flexibility index (Phi) is 4.97. The van der Waals surface area contributed by atoms with Crippen molar-refractivity contribution in [2.75, 3.05) is 13.2 Å². The molecule has 2 aromatic rings. The first-order valence-corrected chi connectivity index (χ1v) is 9.65. The molecule has 0 radical (unpaired) electrons. The molecule has 128 valence electrons. The fourth-order valence-corrected chi connectivity index (χ4v) is 4.54. The summed E-state index contributed by atoms with van der Waals surface area (Å²) in [7, 11) is -3.58. The van der Waals surface area contributed by atoms with Crippen LogP contribution in [0.5, 0.6) is 0 Å². The van der Waals surface area contributed by atoms with E-state index in [-0.39, 0.29) is 17.0 Å². The maximum atomic E-state index is 13.0. The summed E-state index contributed by atoms with van der Waals surface area (Å²) in [5.41, 5.74) is 2.15. The Hall–Kier alpha value is -1.40. The van der Waals surface area contributed by atoms with Crippen molar-refractivity contribution >= 4 is 21.6 Å². The van der Waals surface area contributed by atoms with E-state index in [1.807, 2.05) is 38.1 Å². The minimum Gasteiger partial charge on any atom is -0.370 e. The number of halogens is 1. The Balaban J connectivity index is 1.88. The third kappa shape index (κ3) is 3.49. The number of morpholine rings is 1. The topological polar surface area (TPSA) is 46.6 Å². The lowest BCUT2D eigenvalue weighted by Gasteiger charge is -2.37. The molecule has 0 N–H and O–H groups in total. The Morgan fingerprint density at radius 2 is 1.71 bits per heavy atom. The van der Waals surface area contributed by atoms with Crippen LogP contribution in [0.1, 0.15) is 24.2 Å². The van der Waals surface area contributed by atoms with E-state index in [1.165, 1.54) is 4.31 Å². The molecule has 4 nitrogen and oxygen atoms in total. The maximum Gasteiger partial charge on any atom is 0.243 e. The van der Waals surface area contributed by atoms with Crippen LogP contribution in [0.4, 0.5) is 0 Å². The van der Waals surface area contributed by atoms with Crippen LogP contribution in [0.3, 0.4) is 0 Å². The molecular formula is C18H20ClNO3S. The number of hydrogen-bond donors (Lipinski definition) is 0. The minimum atomic E-state index is -3.58. The van der Waals surface area contributed by atoms with Crippen molar-refractivity contribution in [3.63, 3.8) is 0 Å². The highest BCUT2D eigenvalue weighted by atomic mass is 35.5. The van der Waals surface area contributed by atoms with Crippen molar-refractivity contribution in [1.29, 1.82) is 0 Å². The van der Waals surface area contributed by atoms with Gasteiger partial charge in [-0.3, -0.25) is 0 Å². The SMILES string of the molecule is Cc1ccc(C2CN(S(=O)(=O)c3ccc(Cl)cc3)C(C)CO2)cc1. The van der Waals surface area contributed by atoms with E-state index in [9.17, 15) is 8.42 Å². The summed E-state index contributed by atoms with van der Waals surface area (Å²) in [6.45, 7) is 4.55. The van der Waals surface area contributed by atoms with Crippen LogP contribution >= 0.6 is 11.6 Å². The molecule has 1 aliphatic rings. The second-order valence-corrected chi connectivity index (χ2v) is 8.44. The molecule has 2 aromatic carbocycles. The largest absolute Gasteiger partial charge is 0.370 e. The molecular weight excluding hydrogens is 346 g/mol. The lowest BCUT2D eigenvalue weighted by atomic mass is 10.1. The monoisotopic (exact) mass is 365 g/mol. The molecule has 2 unspecified atom stereocenters. The lowest BCUT2D eigenvalue weighted by molar-refractivity contribution is -0.0288. The van der Waals surface area contributed by atoms with E-state index in [0.717, 1.165) is 11.1 Å². The maximum absolute atomic E-state index is 13.0. The van der Waals surface area contributed by atoms with Gasteiger partial charge in [0.2, 0.25) is 10.0 Å². The molecule has 0 aliphatic carbocycles. The van der Waals surface area contributed by atoms with Gasteiger partial charge in [-0.15, -0.1) is 0 Å². The molecule has 0 spiro atoms. The second-order valence-electron chi connectivity index (χ2n) is 6.11. The van der Waals surface area contributed by atoms with Gasteiger partial charge in [0.1, 0.15) is 0 Å². The van der Waals surface area contributed by atoms with Crippen molar-refractivity contribution in [2.45, 2.75) is 30.9 Å². The van der Waals surface area contributed by atoms with Gasteiger partial charge in [0.05, 0.1) is 17.6 Å². The zero-order valence-corrected chi connectivity index (χ0v) is 15.2. The van der Waals surface area contributed by atoms with Crippen molar-refractivity contribution < 1.29 is 13.2 Å². The number of benzene rings is 2. The molecule has 3 rings (SSSR count). The van der Waals surface area contributed by atoms with Gasteiger partial charge in [-0.2, -0.15) is 4.31 Å². The minimum absolute atomic E-state index is 0.215. The molecule has 0 aromatic heterocycles. The number of aryl methyl sites for hydroxylation is 1. The van der Waals surface area contributed by atoms with Gasteiger partial charge in [-0.05, 0) is 43.7 Å². The van der Waals surface area contributed by atoms with Crippen LogP contribution in [0.2, 0.25) is 5.02 Å². The number of ether oxygens (including phenoxy) is 1. The third-order valence-electron chi connectivity index (χ3n) is 4.25. The first kappa shape index (κ1) is 17.4. The first-order chi connectivity index (χ1) is 11.4. The summed E-state index contributed by atoms with van der Waals surface area (Å²) in [4.78, 5) is 0.253. The predicted molar refractivity (Wildman–Crippen MR) is 94.7 cm³/mol. The average molecular weight is 366 g/mol. The molecule has 2 atom stereocenters. The third-order valence-corrected chi connectivity index (χ3v) is 6.49. The summed E-state index contributed by atoms with van der Waals surface area (Å²) >= 11 is 5.86. The molecule has 6 heteroatoms. The molecule has 1 saturated heterocycles. The Labute approximate surface area is 148 Å². The van der Waals surface area contributed by atoms with Crippen molar-refractivity contribution in [2.24, 2.45) is 0 Å². The molecule has 0 bridgehead atoms. The van der Waals surface area contributed by atoms with E-state index in [4.69, 9.17) is 16.3 Å². The van der Waals surface area contributed by atoms with E-state index >= 15 is 0 Å². The van der Waals surface area contributed by atoms with Gasteiger partial charge >= 0.3 is 0 Å². The molecule has 24 heavy (non-hydrogen) atoms. The first-order valence-electron chi connectivity index (χ1n) is 7.83. The van der Waals surface area contributed by atoms with Crippen molar-refractivity contribution in [3.05, 3.63) is 64.7 Å². The van der Waals surface area contributed by atoms with Crippen LogP contribution in [0.25, 0.3) is 0 Å². The normalized spacial score (nSPS) is 22.5. The Morgan fingerprint density at radius 1 is 1.08 bits per heavy atom. The van der Waals surface area contributed by atoms with Crippen LogP contribution in [-0.4, -0.2) is 31.9 Å². The smallest absolute Gasteiger partial charge is 0.243 e. The summed E-state index contributed by atoms with van der Waals surface area (Å²) in [6.07, 6.45) is -0.260. The van der Waals surface area contributed by atoms with Crippen LogP contribution in [-0.2, 0) is 14.8 Å². The van der Waals surface area contributed by atoms with Crippen LogP contribution in [0, 0.1) is 6.92 Å². The van der Waals surface area contributed by atoms with Crippen LogP contribution < -0.4 is 0 Å². The van der Waals surface area contributed by atoms with Gasteiger partial charge in [0, 0.05) is 17.6 Å². The van der Waals surface area contributed by atoms with Gasteiger partial charge < -0.3 is 4.74 Å². The van der Waals surface area contributed by atoms with Crippen LogP contribution in [0.15, 0.2) is 53.4 Å². The van der Waals surface area contributed by atoms with E-state index in [0.29, 0.717) is 18.2 Å². The van der Waals surface area contributed by atoms with Crippen molar-refractivity contribution in [1.82, 2.24) is 4.31 Å². The quantitative estimate of drug-likeness (QED) is 0.831. The number of sulfonamides is 1. The number of rotatable bonds is 3. The predicted octanol–water partition coefficient (Wildman–Crippen LogP) is 3.80. The molecule has 1 fully saturated rings. The number of nitrogens with zero attached hydrogens (tertiary/aromatic N) is 1. The summed E-state index contributed by atoms with van der Waals surface area (Å²) < 4.78 is 33.3. The second kappa shape index (κ2) is 6.84. The van der Waals surface area contributed by atoms with Gasteiger partial charge in [0.15, 0.2) is 0 Å². The molecule has 0 saturated carbocycles. The summed E-state index contributed by atoms with van der Waals surface area (Å²) in [5.74, 6) is 0. The highest BCUT2D eigenvalue weighted by Crippen LogP contribution is 2.30. The average Bonchev–Trinajstić information content (AvgIpc) is 2.56. The Bertz CT molecular complexity index is 803. The Morgan fingerprint density at radius 3 is 2.33 bits per heavy atom. The summed E-state index contributed by atoms with van der Waals surface area (Å²) in [5, 5.41) is 0.515. The fraction of sp³-hybridized carbons (Fsp3) is 0.333. The van der Waals surface area contributed by atoms with Gasteiger partial charge in [0.25, 0.3) is 0 Å². The van der Waals surface area contributed by atoms with E-state index < -0.39 is 10.0 Å². The van der Waals surface area contributed by atoms with Gasteiger partial charge in [-0.1, -0.05) is 41.4 Å². The molecule has 0 amide bonds. The number of hydrogen-bond acceptors (Lipinski definition) is 3. The molecule has 1 aliphatic heterocycles. The standard InChI is InChI=1S/C18H20ClNO3S/c1-13-3-5-15(6-4-13)18-11-20(14(2)12-23-18)24(21,22)17-9-7-16(19)8-10-17/h3-10,14,18H,11-12H2,1-2H3. The lowest BCUT2D eigenvalue weighted by Crippen LogP contribution is -2.48. The molecule has 1 heterocycles. The summed E-state index contributed by atoms with van der Waals surface area (Å²) in [6, 6.07) is 14.1. The van der Waals surface area contributed by atoms with E-state index in [1.54, 1.807) is 24.3 Å².